The van der Waals surface area contributed by atoms with Crippen LogP contribution in [0.3, 0.4) is 0 Å². The predicted octanol–water partition coefficient (Wildman–Crippen LogP) is 2.51. The molecule has 0 aromatic heterocycles. The number of halogens is 2. The van der Waals surface area contributed by atoms with Crippen LogP contribution in [0.5, 0.6) is 0 Å². The Kier molecular flexibility index (Phi) is 6.54. The molecule has 1 aliphatic carbocycles. The first kappa shape index (κ1) is 20.4. The summed E-state index contributed by atoms with van der Waals surface area (Å²) in [5.41, 5.74) is 0.593. The van der Waals surface area contributed by atoms with Gasteiger partial charge >= 0.3 is 5.97 Å². The first-order valence-electron chi connectivity index (χ1n) is 9.17. The summed E-state index contributed by atoms with van der Waals surface area (Å²) in [5.74, 6) is -3.68. The van der Waals surface area contributed by atoms with Gasteiger partial charge in [-0.25, -0.2) is 8.78 Å². The fourth-order valence-electron chi connectivity index (χ4n) is 2.90. The summed E-state index contributed by atoms with van der Waals surface area (Å²) < 4.78 is 31.3. The lowest BCUT2D eigenvalue weighted by molar-refractivity contribution is -0.147. The van der Waals surface area contributed by atoms with Gasteiger partial charge in [0.05, 0.1) is 11.6 Å². The SMILES string of the molecule is O=C(COC(=O)CNC(=O)c1ccc(F)cc1F)NC(c1ccccc1)C1CC1. The topological polar surface area (TPSA) is 84.5 Å². The molecule has 1 saturated carbocycles. The van der Waals surface area contributed by atoms with Crippen LogP contribution in [0.4, 0.5) is 8.78 Å². The Morgan fingerprint density at radius 3 is 2.45 bits per heavy atom. The lowest BCUT2D eigenvalue weighted by Crippen LogP contribution is -2.36. The van der Waals surface area contributed by atoms with Crippen molar-refractivity contribution in [2.24, 2.45) is 5.92 Å². The van der Waals surface area contributed by atoms with Gasteiger partial charge in [0.1, 0.15) is 18.2 Å². The average molecular weight is 402 g/mol. The van der Waals surface area contributed by atoms with Crippen molar-refractivity contribution in [2.75, 3.05) is 13.2 Å². The molecule has 2 aromatic rings. The number of esters is 1. The largest absolute Gasteiger partial charge is 0.454 e. The predicted molar refractivity (Wildman–Crippen MR) is 99.7 cm³/mol. The minimum Gasteiger partial charge on any atom is -0.454 e. The molecule has 152 valence electrons. The van der Waals surface area contributed by atoms with E-state index in [1.165, 1.54) is 0 Å². The van der Waals surface area contributed by atoms with Gasteiger partial charge in [0.25, 0.3) is 11.8 Å². The Labute approximate surface area is 166 Å². The third-order valence-electron chi connectivity index (χ3n) is 4.50. The summed E-state index contributed by atoms with van der Waals surface area (Å²) in [7, 11) is 0. The first-order valence-corrected chi connectivity index (χ1v) is 9.17. The number of hydrogen-bond donors (Lipinski definition) is 2. The summed E-state index contributed by atoms with van der Waals surface area (Å²) in [6, 6.07) is 11.9. The Morgan fingerprint density at radius 2 is 1.79 bits per heavy atom. The molecule has 0 spiro atoms. The van der Waals surface area contributed by atoms with Gasteiger partial charge in [-0.05, 0) is 36.5 Å². The number of nitrogens with one attached hydrogen (secondary N) is 2. The normalized spacial score (nSPS) is 14.0. The lowest BCUT2D eigenvalue weighted by Gasteiger charge is -2.18. The van der Waals surface area contributed by atoms with E-state index in [9.17, 15) is 23.2 Å². The average Bonchev–Trinajstić information content (AvgIpc) is 3.54. The molecule has 29 heavy (non-hydrogen) atoms. The van der Waals surface area contributed by atoms with Crippen molar-refractivity contribution in [1.29, 1.82) is 0 Å². The van der Waals surface area contributed by atoms with Gasteiger partial charge in [0, 0.05) is 6.07 Å². The van der Waals surface area contributed by atoms with Gasteiger partial charge in [0.15, 0.2) is 6.61 Å². The number of carbonyl (C=O) groups is 3. The first-order chi connectivity index (χ1) is 13.9. The molecule has 3 rings (SSSR count). The van der Waals surface area contributed by atoms with Crippen LogP contribution in [-0.4, -0.2) is 30.9 Å². The number of rotatable bonds is 8. The molecule has 0 aliphatic heterocycles. The third-order valence-corrected chi connectivity index (χ3v) is 4.50. The highest BCUT2D eigenvalue weighted by atomic mass is 19.1. The highest BCUT2D eigenvalue weighted by Gasteiger charge is 2.33. The van der Waals surface area contributed by atoms with Gasteiger partial charge in [-0.2, -0.15) is 0 Å². The zero-order valence-electron chi connectivity index (χ0n) is 15.5. The van der Waals surface area contributed by atoms with Crippen molar-refractivity contribution in [3.63, 3.8) is 0 Å². The van der Waals surface area contributed by atoms with Crippen molar-refractivity contribution in [3.8, 4) is 0 Å². The lowest BCUT2D eigenvalue weighted by atomic mass is 10.0. The van der Waals surface area contributed by atoms with E-state index >= 15 is 0 Å². The van der Waals surface area contributed by atoms with Crippen LogP contribution in [0.25, 0.3) is 0 Å². The molecule has 1 unspecified atom stereocenters. The van der Waals surface area contributed by atoms with Gasteiger partial charge < -0.3 is 15.4 Å². The number of ether oxygens (including phenoxy) is 1. The zero-order valence-corrected chi connectivity index (χ0v) is 15.5. The summed E-state index contributed by atoms with van der Waals surface area (Å²) in [4.78, 5) is 35.7. The van der Waals surface area contributed by atoms with Gasteiger partial charge in [-0.1, -0.05) is 30.3 Å². The Morgan fingerprint density at radius 1 is 1.07 bits per heavy atom. The molecule has 2 aromatic carbocycles. The molecule has 0 saturated heterocycles. The van der Waals surface area contributed by atoms with E-state index in [4.69, 9.17) is 4.74 Å². The molecule has 2 N–H and O–H groups in total. The van der Waals surface area contributed by atoms with Crippen LogP contribution in [0.1, 0.15) is 34.8 Å². The van der Waals surface area contributed by atoms with Crippen LogP contribution in [0.2, 0.25) is 0 Å². The minimum absolute atomic E-state index is 0.136. The molecule has 1 atom stereocenters. The second kappa shape index (κ2) is 9.27. The van der Waals surface area contributed by atoms with E-state index in [-0.39, 0.29) is 6.04 Å². The van der Waals surface area contributed by atoms with Crippen LogP contribution < -0.4 is 10.6 Å². The number of hydrogen-bond acceptors (Lipinski definition) is 4. The molecule has 6 nitrogen and oxygen atoms in total. The molecule has 0 radical (unpaired) electrons. The maximum Gasteiger partial charge on any atom is 0.325 e. The van der Waals surface area contributed by atoms with Crippen molar-refractivity contribution in [1.82, 2.24) is 10.6 Å². The van der Waals surface area contributed by atoms with E-state index < -0.39 is 48.1 Å². The highest BCUT2D eigenvalue weighted by Crippen LogP contribution is 2.40. The van der Waals surface area contributed by atoms with Crippen LogP contribution in [0.15, 0.2) is 48.5 Å². The fraction of sp³-hybridized carbons (Fsp3) is 0.286. The Bertz CT molecular complexity index is 901. The molecular formula is C21H20F2N2O4. The van der Waals surface area contributed by atoms with Crippen LogP contribution in [0, 0.1) is 17.6 Å². The fourth-order valence-corrected chi connectivity index (χ4v) is 2.90. The molecule has 1 fully saturated rings. The Balaban J connectivity index is 1.44. The maximum absolute atomic E-state index is 13.5. The van der Waals surface area contributed by atoms with Crippen molar-refractivity contribution in [2.45, 2.75) is 18.9 Å². The van der Waals surface area contributed by atoms with Gasteiger partial charge in [-0.15, -0.1) is 0 Å². The van der Waals surface area contributed by atoms with Gasteiger partial charge in [0.2, 0.25) is 0 Å². The minimum atomic E-state index is -1.04. The third kappa shape index (κ3) is 5.84. The molecule has 8 heteroatoms. The summed E-state index contributed by atoms with van der Waals surface area (Å²) in [6.07, 6.45) is 2.04. The highest BCUT2D eigenvalue weighted by molar-refractivity contribution is 5.96. The second-order valence-electron chi connectivity index (χ2n) is 6.76. The van der Waals surface area contributed by atoms with Crippen LogP contribution in [-0.2, 0) is 14.3 Å². The van der Waals surface area contributed by atoms with Crippen molar-refractivity contribution >= 4 is 17.8 Å². The van der Waals surface area contributed by atoms with E-state index in [2.05, 4.69) is 10.6 Å². The number of amides is 2. The zero-order chi connectivity index (χ0) is 20.8. The summed E-state index contributed by atoms with van der Waals surface area (Å²) in [6.45, 7) is -1.04. The van der Waals surface area contributed by atoms with E-state index in [0.717, 1.165) is 30.5 Å². The smallest absolute Gasteiger partial charge is 0.325 e. The summed E-state index contributed by atoms with van der Waals surface area (Å²) in [5, 5.41) is 5.04. The monoisotopic (exact) mass is 402 g/mol. The van der Waals surface area contributed by atoms with E-state index in [1.807, 2.05) is 30.3 Å². The quantitative estimate of drug-likeness (QED) is 0.665. The van der Waals surface area contributed by atoms with Gasteiger partial charge in [-0.3, -0.25) is 14.4 Å². The molecule has 2 amide bonds. The van der Waals surface area contributed by atoms with E-state index in [1.54, 1.807) is 0 Å². The van der Waals surface area contributed by atoms with Crippen LogP contribution >= 0.6 is 0 Å². The molecule has 1 aliphatic rings. The summed E-state index contributed by atoms with van der Waals surface area (Å²) >= 11 is 0. The van der Waals surface area contributed by atoms with Crippen molar-refractivity contribution in [3.05, 3.63) is 71.3 Å². The molecular weight excluding hydrogens is 382 g/mol. The molecule has 0 bridgehead atoms. The van der Waals surface area contributed by atoms with Crippen molar-refractivity contribution < 1.29 is 27.9 Å². The van der Waals surface area contributed by atoms with E-state index in [0.29, 0.717) is 12.0 Å². The standard InChI is InChI=1S/C21H20F2N2O4/c22-15-8-9-16(17(23)10-15)21(28)24-11-19(27)29-12-18(26)25-20(14-6-7-14)13-4-2-1-3-5-13/h1-5,8-10,14,20H,6-7,11-12H2,(H,24,28)(H,25,26). The maximum atomic E-state index is 13.5. The second-order valence-corrected chi connectivity index (χ2v) is 6.76. The molecule has 0 heterocycles. The number of benzene rings is 2. The number of carbonyl (C=O) groups excluding carboxylic acids is 3. The Hall–Kier alpha value is -3.29.